The molecule has 0 amide bonds. The predicted molar refractivity (Wildman–Crippen MR) is 76.4 cm³/mol. The molecule has 2 atom stereocenters. The van der Waals surface area contributed by atoms with Gasteiger partial charge in [-0.3, -0.25) is 0 Å². The molecule has 1 aliphatic rings. The molecular formula is C14H19Cl2NO. The summed E-state index contributed by atoms with van der Waals surface area (Å²) in [6, 6.07) is 5.86. The summed E-state index contributed by atoms with van der Waals surface area (Å²) in [5.41, 5.74) is 1.01. The van der Waals surface area contributed by atoms with Gasteiger partial charge in [-0.25, -0.2) is 0 Å². The summed E-state index contributed by atoms with van der Waals surface area (Å²) >= 11 is 12.6. The average Bonchev–Trinajstić information content (AvgIpc) is 2.38. The maximum absolute atomic E-state index is 6.31. The molecule has 1 heterocycles. The van der Waals surface area contributed by atoms with Crippen molar-refractivity contribution in [3.63, 3.8) is 0 Å². The fourth-order valence-electron chi connectivity index (χ4n) is 2.56. The van der Waals surface area contributed by atoms with Gasteiger partial charge in [0.2, 0.25) is 0 Å². The number of benzene rings is 1. The van der Waals surface area contributed by atoms with Crippen LogP contribution in [0.1, 0.15) is 31.4 Å². The van der Waals surface area contributed by atoms with Crippen LogP contribution in [-0.2, 0) is 4.74 Å². The van der Waals surface area contributed by atoms with E-state index in [1.54, 1.807) is 0 Å². The van der Waals surface area contributed by atoms with Crippen molar-refractivity contribution in [2.75, 3.05) is 19.8 Å². The second-order valence-corrected chi connectivity index (χ2v) is 5.46. The summed E-state index contributed by atoms with van der Waals surface area (Å²) in [4.78, 5) is 0. The van der Waals surface area contributed by atoms with E-state index in [2.05, 4.69) is 12.2 Å². The van der Waals surface area contributed by atoms with Crippen LogP contribution in [-0.4, -0.2) is 19.8 Å². The molecule has 4 heteroatoms. The summed E-state index contributed by atoms with van der Waals surface area (Å²) < 4.78 is 5.58. The molecule has 18 heavy (non-hydrogen) atoms. The lowest BCUT2D eigenvalue weighted by Crippen LogP contribution is -2.33. The first-order valence-corrected chi connectivity index (χ1v) is 7.24. The molecule has 1 aliphatic heterocycles. The largest absolute Gasteiger partial charge is 0.381 e. The topological polar surface area (TPSA) is 21.3 Å². The van der Waals surface area contributed by atoms with Gasteiger partial charge in [0, 0.05) is 34.2 Å². The molecule has 1 fully saturated rings. The van der Waals surface area contributed by atoms with Crippen LogP contribution in [0.4, 0.5) is 0 Å². The quantitative estimate of drug-likeness (QED) is 0.901. The van der Waals surface area contributed by atoms with E-state index in [1.165, 1.54) is 0 Å². The Kier molecular flexibility index (Phi) is 5.31. The monoisotopic (exact) mass is 287 g/mol. The number of hydrogen-bond acceptors (Lipinski definition) is 2. The van der Waals surface area contributed by atoms with Gasteiger partial charge in [0.25, 0.3) is 0 Å². The molecule has 0 bridgehead atoms. The highest BCUT2D eigenvalue weighted by atomic mass is 35.5. The fourth-order valence-corrected chi connectivity index (χ4v) is 3.19. The Bertz CT molecular complexity index is 371. The minimum Gasteiger partial charge on any atom is -0.381 e. The highest BCUT2D eigenvalue weighted by molar-refractivity contribution is 6.36. The molecule has 0 spiro atoms. The lowest BCUT2D eigenvalue weighted by Gasteiger charge is -2.32. The molecular weight excluding hydrogens is 269 g/mol. The van der Waals surface area contributed by atoms with Crippen molar-refractivity contribution in [1.29, 1.82) is 0 Å². The Balaban J connectivity index is 2.28. The molecule has 100 valence electrons. The molecule has 2 unspecified atom stereocenters. The minimum absolute atomic E-state index is 0.177. The number of nitrogens with one attached hydrogen (secondary N) is 1. The van der Waals surface area contributed by atoms with Crippen LogP contribution in [0.2, 0.25) is 10.0 Å². The van der Waals surface area contributed by atoms with Gasteiger partial charge in [0.15, 0.2) is 0 Å². The van der Waals surface area contributed by atoms with Crippen LogP contribution in [0.5, 0.6) is 0 Å². The maximum atomic E-state index is 6.31. The Morgan fingerprint density at radius 1 is 1.39 bits per heavy atom. The molecule has 1 aromatic carbocycles. The van der Waals surface area contributed by atoms with E-state index >= 15 is 0 Å². The van der Waals surface area contributed by atoms with Gasteiger partial charge < -0.3 is 10.1 Å². The molecule has 0 aliphatic carbocycles. The molecule has 0 aromatic heterocycles. The van der Waals surface area contributed by atoms with Gasteiger partial charge in [-0.2, -0.15) is 0 Å². The van der Waals surface area contributed by atoms with Crippen LogP contribution in [0.15, 0.2) is 18.2 Å². The third kappa shape index (κ3) is 3.18. The van der Waals surface area contributed by atoms with Gasteiger partial charge in [0.1, 0.15) is 0 Å². The standard InChI is InChI=1S/C14H19Cl2NO/c1-2-17-14(10-5-4-8-18-9-10)13-11(15)6-3-7-12(13)16/h3,6-7,10,14,17H,2,4-5,8-9H2,1H3. The molecule has 2 nitrogen and oxygen atoms in total. The predicted octanol–water partition coefficient (Wildman–Crippen LogP) is 4.07. The van der Waals surface area contributed by atoms with Crippen molar-refractivity contribution in [3.05, 3.63) is 33.8 Å². The zero-order valence-electron chi connectivity index (χ0n) is 10.6. The Morgan fingerprint density at radius 3 is 2.67 bits per heavy atom. The van der Waals surface area contributed by atoms with Gasteiger partial charge in [0.05, 0.1) is 6.61 Å². The van der Waals surface area contributed by atoms with E-state index in [4.69, 9.17) is 27.9 Å². The van der Waals surface area contributed by atoms with E-state index in [0.29, 0.717) is 5.92 Å². The minimum atomic E-state index is 0.177. The average molecular weight is 288 g/mol. The van der Waals surface area contributed by atoms with E-state index in [0.717, 1.165) is 48.2 Å². The first kappa shape index (κ1) is 14.1. The van der Waals surface area contributed by atoms with Crippen molar-refractivity contribution in [2.24, 2.45) is 5.92 Å². The van der Waals surface area contributed by atoms with Crippen molar-refractivity contribution in [1.82, 2.24) is 5.32 Å². The van der Waals surface area contributed by atoms with E-state index in [9.17, 15) is 0 Å². The van der Waals surface area contributed by atoms with Gasteiger partial charge in [-0.1, -0.05) is 36.2 Å². The smallest absolute Gasteiger partial charge is 0.0512 e. The summed E-state index contributed by atoms with van der Waals surface area (Å²) in [6.07, 6.45) is 2.26. The maximum Gasteiger partial charge on any atom is 0.0512 e. The number of halogens is 2. The summed E-state index contributed by atoms with van der Waals surface area (Å²) in [5, 5.41) is 4.97. The Labute approximate surface area is 119 Å². The van der Waals surface area contributed by atoms with Crippen molar-refractivity contribution in [3.8, 4) is 0 Å². The van der Waals surface area contributed by atoms with Crippen LogP contribution in [0, 0.1) is 5.92 Å². The SMILES string of the molecule is CCNC(c1c(Cl)cccc1Cl)C1CCCOC1. The highest BCUT2D eigenvalue weighted by Crippen LogP contribution is 2.37. The van der Waals surface area contributed by atoms with Gasteiger partial charge in [-0.05, 0) is 31.5 Å². The second-order valence-electron chi connectivity index (χ2n) is 4.65. The third-order valence-corrected chi connectivity index (χ3v) is 4.06. The lowest BCUT2D eigenvalue weighted by atomic mass is 9.88. The summed E-state index contributed by atoms with van der Waals surface area (Å²) in [7, 11) is 0. The number of ether oxygens (including phenoxy) is 1. The third-order valence-electron chi connectivity index (χ3n) is 3.40. The van der Waals surface area contributed by atoms with E-state index in [1.807, 2.05) is 18.2 Å². The zero-order chi connectivity index (χ0) is 13.0. The van der Waals surface area contributed by atoms with Crippen LogP contribution in [0.25, 0.3) is 0 Å². The van der Waals surface area contributed by atoms with Crippen molar-refractivity contribution < 1.29 is 4.74 Å². The summed E-state index contributed by atoms with van der Waals surface area (Å²) in [5.74, 6) is 0.441. The second kappa shape index (κ2) is 6.76. The first-order valence-electron chi connectivity index (χ1n) is 6.49. The highest BCUT2D eigenvalue weighted by Gasteiger charge is 2.28. The molecule has 0 saturated carbocycles. The fraction of sp³-hybridized carbons (Fsp3) is 0.571. The van der Waals surface area contributed by atoms with E-state index < -0.39 is 0 Å². The van der Waals surface area contributed by atoms with Crippen molar-refractivity contribution >= 4 is 23.2 Å². The summed E-state index contributed by atoms with van der Waals surface area (Å²) in [6.45, 7) is 4.63. The molecule has 1 N–H and O–H groups in total. The number of rotatable bonds is 4. The van der Waals surface area contributed by atoms with Crippen LogP contribution >= 0.6 is 23.2 Å². The van der Waals surface area contributed by atoms with Crippen molar-refractivity contribution in [2.45, 2.75) is 25.8 Å². The molecule has 1 aromatic rings. The zero-order valence-corrected chi connectivity index (χ0v) is 12.1. The normalized spacial score (nSPS) is 21.8. The molecule has 0 radical (unpaired) electrons. The van der Waals surface area contributed by atoms with Gasteiger partial charge in [-0.15, -0.1) is 0 Å². The Morgan fingerprint density at radius 2 is 2.11 bits per heavy atom. The number of hydrogen-bond donors (Lipinski definition) is 1. The van der Waals surface area contributed by atoms with Crippen LogP contribution in [0.3, 0.4) is 0 Å². The Hall–Kier alpha value is -0.280. The van der Waals surface area contributed by atoms with Crippen LogP contribution < -0.4 is 5.32 Å². The molecule has 2 rings (SSSR count). The van der Waals surface area contributed by atoms with E-state index in [-0.39, 0.29) is 6.04 Å². The lowest BCUT2D eigenvalue weighted by molar-refractivity contribution is 0.0393. The molecule has 1 saturated heterocycles. The van der Waals surface area contributed by atoms with Gasteiger partial charge >= 0.3 is 0 Å². The first-order chi connectivity index (χ1) is 8.74.